The predicted octanol–water partition coefficient (Wildman–Crippen LogP) is 2.12. The van der Waals surface area contributed by atoms with Gasteiger partial charge in [-0.1, -0.05) is 12.1 Å². The maximum atomic E-state index is 5.88. The molecule has 2 N–H and O–H groups in total. The summed E-state index contributed by atoms with van der Waals surface area (Å²) in [7, 11) is 0. The van der Waals surface area contributed by atoms with Crippen LogP contribution in [0.15, 0.2) is 30.5 Å². The van der Waals surface area contributed by atoms with Gasteiger partial charge in [-0.15, -0.1) is 0 Å². The number of para-hydroxylation sites is 2. The second-order valence-electron chi connectivity index (χ2n) is 3.95. The summed E-state index contributed by atoms with van der Waals surface area (Å²) in [5, 5.41) is 0.800. The van der Waals surface area contributed by atoms with E-state index in [0.29, 0.717) is 6.61 Å². The van der Waals surface area contributed by atoms with Crippen LogP contribution in [0, 0.1) is 0 Å². The van der Waals surface area contributed by atoms with Crippen molar-refractivity contribution >= 4 is 22.2 Å². The van der Waals surface area contributed by atoms with Gasteiger partial charge in [-0.25, -0.2) is 0 Å². The Balaban J connectivity index is 1.88. The van der Waals surface area contributed by atoms with Gasteiger partial charge >= 0.3 is 0 Å². The zero-order valence-corrected chi connectivity index (χ0v) is 10.1. The largest absolute Gasteiger partial charge is 0.490 e. The molecule has 0 atom stereocenters. The average Bonchev–Trinajstić information content (AvgIpc) is 2.76. The summed E-state index contributed by atoms with van der Waals surface area (Å²) < 4.78 is 9.72. The van der Waals surface area contributed by atoms with Crippen LogP contribution in [0.1, 0.15) is 5.56 Å². The van der Waals surface area contributed by atoms with E-state index in [1.54, 1.807) is 0 Å². The molecule has 2 heterocycles. The number of anilines is 2. The van der Waals surface area contributed by atoms with Gasteiger partial charge in [-0.3, -0.25) is 0 Å². The van der Waals surface area contributed by atoms with Crippen molar-refractivity contribution in [3.63, 3.8) is 0 Å². The molecule has 0 saturated heterocycles. The summed E-state index contributed by atoms with van der Waals surface area (Å²) in [6, 6.07) is 8.08. The summed E-state index contributed by atoms with van der Waals surface area (Å²) in [5.41, 5.74) is 8.09. The summed E-state index contributed by atoms with van der Waals surface area (Å²) in [4.78, 5) is 2.28. The fourth-order valence-electron chi connectivity index (χ4n) is 1.98. The second kappa shape index (κ2) is 4.25. The van der Waals surface area contributed by atoms with Gasteiger partial charge in [-0.2, -0.15) is 4.37 Å². The molecular weight excluding hydrogens is 234 g/mol. The summed E-state index contributed by atoms with van der Waals surface area (Å²) >= 11 is 1.34. The highest BCUT2D eigenvalue weighted by molar-refractivity contribution is 7.10. The van der Waals surface area contributed by atoms with E-state index in [1.165, 1.54) is 11.5 Å². The average molecular weight is 247 g/mol. The Kier molecular flexibility index (Phi) is 2.60. The second-order valence-corrected chi connectivity index (χ2v) is 4.79. The normalized spacial score (nSPS) is 14.2. The van der Waals surface area contributed by atoms with Crippen molar-refractivity contribution in [1.29, 1.82) is 0 Å². The topological polar surface area (TPSA) is 51.4 Å². The fourth-order valence-corrected chi connectivity index (χ4v) is 2.51. The van der Waals surface area contributed by atoms with Crippen molar-refractivity contribution in [2.75, 3.05) is 23.8 Å². The zero-order valence-electron chi connectivity index (χ0n) is 9.30. The molecular formula is C12H13N3OS. The number of nitrogens with zero attached hydrogens (tertiary/aromatic N) is 2. The monoisotopic (exact) mass is 247 g/mol. The van der Waals surface area contributed by atoms with Crippen molar-refractivity contribution in [3.05, 3.63) is 36.0 Å². The lowest BCUT2D eigenvalue weighted by molar-refractivity contribution is 0.307. The molecule has 1 aromatic carbocycles. The van der Waals surface area contributed by atoms with Crippen LogP contribution in [0.25, 0.3) is 0 Å². The van der Waals surface area contributed by atoms with Crippen molar-refractivity contribution < 1.29 is 4.74 Å². The van der Waals surface area contributed by atoms with Gasteiger partial charge in [-0.05, 0) is 23.7 Å². The van der Waals surface area contributed by atoms with Crippen molar-refractivity contribution in [3.8, 4) is 5.75 Å². The first-order chi connectivity index (χ1) is 8.34. The molecule has 0 saturated carbocycles. The Labute approximate surface area is 104 Å². The minimum atomic E-state index is 0.717. The highest BCUT2D eigenvalue weighted by Gasteiger charge is 2.18. The smallest absolute Gasteiger partial charge is 0.142 e. The third kappa shape index (κ3) is 1.93. The molecule has 0 spiro atoms. The van der Waals surface area contributed by atoms with Crippen molar-refractivity contribution in [2.45, 2.75) is 6.54 Å². The maximum Gasteiger partial charge on any atom is 0.142 e. The first-order valence-corrected chi connectivity index (χ1v) is 6.28. The van der Waals surface area contributed by atoms with Crippen molar-refractivity contribution in [2.24, 2.45) is 0 Å². The Hall–Kier alpha value is -1.75. The van der Waals surface area contributed by atoms with Crippen LogP contribution in [-0.4, -0.2) is 17.5 Å². The summed E-state index contributed by atoms with van der Waals surface area (Å²) in [6.07, 6.45) is 1.85. The van der Waals surface area contributed by atoms with Gasteiger partial charge < -0.3 is 15.4 Å². The van der Waals surface area contributed by atoms with E-state index >= 15 is 0 Å². The van der Waals surface area contributed by atoms with Gasteiger partial charge in [0.15, 0.2) is 0 Å². The SMILES string of the molecule is Nc1sncc1CN1CCOc2ccccc21. The van der Waals surface area contributed by atoms with E-state index in [2.05, 4.69) is 15.3 Å². The molecule has 1 aliphatic heterocycles. The molecule has 17 heavy (non-hydrogen) atoms. The van der Waals surface area contributed by atoms with E-state index in [4.69, 9.17) is 10.5 Å². The molecule has 3 rings (SSSR count). The lowest BCUT2D eigenvalue weighted by Gasteiger charge is -2.30. The molecule has 0 amide bonds. The standard InChI is InChI=1S/C12H13N3OS/c13-12-9(7-14-17-12)8-15-5-6-16-11-4-2-1-3-10(11)15/h1-4,7H,5-6,8,13H2. The van der Waals surface area contributed by atoms with Gasteiger partial charge in [0, 0.05) is 18.3 Å². The molecule has 1 aromatic heterocycles. The van der Waals surface area contributed by atoms with Gasteiger partial charge in [0.25, 0.3) is 0 Å². The number of nitrogens with two attached hydrogens (primary N) is 1. The fraction of sp³-hybridized carbons (Fsp3) is 0.250. The Morgan fingerprint density at radius 1 is 1.41 bits per heavy atom. The molecule has 4 nitrogen and oxygen atoms in total. The molecule has 1 aliphatic rings. The summed E-state index contributed by atoms with van der Waals surface area (Å²) in [6.45, 7) is 2.39. The van der Waals surface area contributed by atoms with Crippen LogP contribution in [0.2, 0.25) is 0 Å². The van der Waals surface area contributed by atoms with Gasteiger partial charge in [0.1, 0.15) is 17.4 Å². The van der Waals surface area contributed by atoms with E-state index < -0.39 is 0 Å². The minimum Gasteiger partial charge on any atom is -0.490 e. The molecule has 5 heteroatoms. The Bertz CT molecular complexity index is 526. The number of ether oxygens (including phenoxy) is 1. The minimum absolute atomic E-state index is 0.717. The number of hydrogen-bond donors (Lipinski definition) is 1. The van der Waals surface area contributed by atoms with Gasteiger partial charge in [0.05, 0.1) is 12.2 Å². The van der Waals surface area contributed by atoms with E-state index in [0.717, 1.165) is 35.1 Å². The lowest BCUT2D eigenvalue weighted by atomic mass is 10.2. The Morgan fingerprint density at radius 2 is 2.29 bits per heavy atom. The molecule has 0 aliphatic carbocycles. The predicted molar refractivity (Wildman–Crippen MR) is 69.5 cm³/mol. The molecule has 0 unspecified atom stereocenters. The van der Waals surface area contributed by atoms with Crippen LogP contribution in [-0.2, 0) is 6.54 Å². The molecule has 88 valence electrons. The number of nitrogen functional groups attached to an aromatic ring is 1. The number of benzene rings is 1. The number of hydrogen-bond acceptors (Lipinski definition) is 5. The highest BCUT2D eigenvalue weighted by Crippen LogP contribution is 2.32. The zero-order chi connectivity index (χ0) is 11.7. The molecule has 0 fully saturated rings. The molecule has 2 aromatic rings. The Morgan fingerprint density at radius 3 is 3.12 bits per heavy atom. The van der Waals surface area contributed by atoms with E-state index in [1.807, 2.05) is 24.4 Å². The van der Waals surface area contributed by atoms with Crippen LogP contribution in [0.5, 0.6) is 5.75 Å². The quantitative estimate of drug-likeness (QED) is 0.883. The maximum absolute atomic E-state index is 5.88. The lowest BCUT2D eigenvalue weighted by Crippen LogP contribution is -2.32. The molecule has 0 bridgehead atoms. The van der Waals surface area contributed by atoms with Gasteiger partial charge in [0.2, 0.25) is 0 Å². The van der Waals surface area contributed by atoms with E-state index in [-0.39, 0.29) is 0 Å². The third-order valence-electron chi connectivity index (χ3n) is 2.86. The third-order valence-corrected chi connectivity index (χ3v) is 3.53. The molecule has 0 radical (unpaired) electrons. The first kappa shape index (κ1) is 10.4. The number of rotatable bonds is 2. The van der Waals surface area contributed by atoms with Crippen LogP contribution in [0.3, 0.4) is 0 Å². The van der Waals surface area contributed by atoms with Crippen LogP contribution >= 0.6 is 11.5 Å². The first-order valence-electron chi connectivity index (χ1n) is 5.50. The van der Waals surface area contributed by atoms with E-state index in [9.17, 15) is 0 Å². The van der Waals surface area contributed by atoms with Crippen molar-refractivity contribution in [1.82, 2.24) is 4.37 Å². The summed E-state index contributed by atoms with van der Waals surface area (Å²) in [5.74, 6) is 0.945. The number of aromatic nitrogens is 1. The number of fused-ring (bicyclic) bond motifs is 1. The van der Waals surface area contributed by atoms with Crippen LogP contribution < -0.4 is 15.4 Å². The van der Waals surface area contributed by atoms with Crippen LogP contribution in [0.4, 0.5) is 10.7 Å². The highest BCUT2D eigenvalue weighted by atomic mass is 32.1.